The molecule has 5 heteroatoms. The third kappa shape index (κ3) is 1.71. The molecule has 0 spiro atoms. The number of benzene rings is 1. The first-order valence-electron chi connectivity index (χ1n) is 5.39. The van der Waals surface area contributed by atoms with Crippen LogP contribution in [-0.2, 0) is 0 Å². The topological polar surface area (TPSA) is 60.9 Å². The second-order valence-corrected chi connectivity index (χ2v) is 3.67. The second-order valence-electron chi connectivity index (χ2n) is 3.67. The van der Waals surface area contributed by atoms with Gasteiger partial charge in [-0.25, -0.2) is 9.97 Å². The van der Waals surface area contributed by atoms with Crippen LogP contribution >= 0.6 is 0 Å². The molecule has 3 rings (SSSR count). The Kier molecular flexibility index (Phi) is 2.49. The van der Waals surface area contributed by atoms with Crippen molar-refractivity contribution in [3.05, 3.63) is 65.5 Å². The van der Waals surface area contributed by atoms with Crippen LogP contribution in [-0.4, -0.2) is 14.7 Å². The minimum Gasteiger partial charge on any atom is -0.379 e. The Balaban J connectivity index is 2.12. The van der Waals surface area contributed by atoms with Crippen molar-refractivity contribution in [2.24, 2.45) is 0 Å². The predicted molar refractivity (Wildman–Crippen MR) is 65.3 cm³/mol. The van der Waals surface area contributed by atoms with E-state index >= 15 is 0 Å². The third-order valence-corrected chi connectivity index (χ3v) is 2.54. The first-order valence-corrected chi connectivity index (χ1v) is 5.39. The fraction of sp³-hybridized carbons (Fsp3) is 0. The maximum absolute atomic E-state index is 12.2. The van der Waals surface area contributed by atoms with Gasteiger partial charge in [0.1, 0.15) is 18.2 Å². The average Bonchev–Trinajstić information content (AvgIpc) is 2.83. The van der Waals surface area contributed by atoms with Crippen LogP contribution in [0.1, 0.15) is 0 Å². The van der Waals surface area contributed by atoms with Gasteiger partial charge in [-0.1, -0.05) is 18.2 Å². The zero-order valence-corrected chi connectivity index (χ0v) is 9.35. The highest BCUT2D eigenvalue weighted by Crippen LogP contribution is 2.13. The molecule has 0 unspecified atom stereocenters. The minimum atomic E-state index is -0.236. The fourth-order valence-electron chi connectivity index (χ4n) is 1.67. The molecule has 2 aromatic heterocycles. The van der Waals surface area contributed by atoms with E-state index in [-0.39, 0.29) is 5.56 Å². The van der Waals surface area contributed by atoms with Gasteiger partial charge in [0.25, 0.3) is 5.56 Å². The Morgan fingerprint density at radius 2 is 1.94 bits per heavy atom. The predicted octanol–water partition coefficient (Wildman–Crippen LogP) is 1.89. The Hall–Kier alpha value is -2.69. The molecule has 0 N–H and O–H groups in total. The molecule has 0 aliphatic rings. The largest absolute Gasteiger partial charge is 0.379 e. The van der Waals surface area contributed by atoms with Crippen molar-refractivity contribution in [3.8, 4) is 16.9 Å². The van der Waals surface area contributed by atoms with Gasteiger partial charge in [-0.15, -0.1) is 4.74 Å². The van der Waals surface area contributed by atoms with Crippen molar-refractivity contribution in [1.29, 1.82) is 0 Å². The van der Waals surface area contributed by atoms with Crippen molar-refractivity contribution in [3.63, 3.8) is 0 Å². The van der Waals surface area contributed by atoms with Crippen molar-refractivity contribution < 1.29 is 4.52 Å². The molecule has 0 saturated heterocycles. The van der Waals surface area contributed by atoms with E-state index in [1.165, 1.54) is 17.3 Å². The van der Waals surface area contributed by atoms with E-state index in [4.69, 9.17) is 4.52 Å². The molecule has 18 heavy (non-hydrogen) atoms. The van der Waals surface area contributed by atoms with Gasteiger partial charge in [-0.2, -0.15) is 0 Å². The lowest BCUT2D eigenvalue weighted by Crippen LogP contribution is -2.13. The maximum Gasteiger partial charge on any atom is 0.296 e. The minimum absolute atomic E-state index is 0.236. The van der Waals surface area contributed by atoms with Crippen molar-refractivity contribution in [2.45, 2.75) is 0 Å². The number of aromatic nitrogens is 3. The lowest BCUT2D eigenvalue weighted by Gasteiger charge is -1.97. The van der Waals surface area contributed by atoms with E-state index in [0.29, 0.717) is 16.9 Å². The van der Waals surface area contributed by atoms with Crippen LogP contribution < -0.4 is 5.56 Å². The molecule has 5 nitrogen and oxygen atoms in total. The summed E-state index contributed by atoms with van der Waals surface area (Å²) in [6, 6.07) is 10.8. The van der Waals surface area contributed by atoms with E-state index in [0.717, 1.165) is 0 Å². The van der Waals surface area contributed by atoms with Crippen LogP contribution in [0.5, 0.6) is 0 Å². The van der Waals surface area contributed by atoms with Gasteiger partial charge in [0.05, 0.1) is 11.4 Å². The molecule has 88 valence electrons. The normalized spacial score (nSPS) is 10.4. The van der Waals surface area contributed by atoms with Crippen molar-refractivity contribution >= 4 is 0 Å². The molecular weight excluding hydrogens is 230 g/mol. The number of hydrogen-bond acceptors (Lipinski definition) is 4. The highest BCUT2D eigenvalue weighted by molar-refractivity contribution is 5.56. The SMILES string of the molecule is O=c1c(-c2ccncn2)con1-c1ccccc1. The van der Waals surface area contributed by atoms with Gasteiger partial charge in [0.15, 0.2) is 0 Å². The smallest absolute Gasteiger partial charge is 0.296 e. The molecule has 1 aromatic carbocycles. The summed E-state index contributed by atoms with van der Waals surface area (Å²) in [5.74, 6) is 0. The zero-order valence-electron chi connectivity index (χ0n) is 9.35. The Bertz CT molecular complexity index is 642. The van der Waals surface area contributed by atoms with E-state index in [1.807, 2.05) is 18.2 Å². The van der Waals surface area contributed by atoms with Crippen LogP contribution in [0.3, 0.4) is 0 Å². The number of para-hydroxylation sites is 1. The first kappa shape index (κ1) is 10.5. The molecule has 0 bridgehead atoms. The molecule has 0 atom stereocenters. The Morgan fingerprint density at radius 1 is 1.11 bits per heavy atom. The van der Waals surface area contributed by atoms with Crippen LogP contribution in [0.4, 0.5) is 0 Å². The van der Waals surface area contributed by atoms with Crippen LogP contribution in [0.2, 0.25) is 0 Å². The lowest BCUT2D eigenvalue weighted by molar-refractivity contribution is 0.339. The van der Waals surface area contributed by atoms with Crippen LogP contribution in [0.25, 0.3) is 16.9 Å². The van der Waals surface area contributed by atoms with Gasteiger partial charge >= 0.3 is 0 Å². The highest BCUT2D eigenvalue weighted by Gasteiger charge is 2.12. The van der Waals surface area contributed by atoms with Crippen molar-refractivity contribution in [2.75, 3.05) is 0 Å². The van der Waals surface area contributed by atoms with Gasteiger partial charge in [0.2, 0.25) is 0 Å². The summed E-state index contributed by atoms with van der Waals surface area (Å²) >= 11 is 0. The molecular formula is C13H9N3O2. The third-order valence-electron chi connectivity index (χ3n) is 2.54. The molecule has 0 saturated carbocycles. The molecule has 0 aliphatic carbocycles. The van der Waals surface area contributed by atoms with E-state index in [1.54, 1.807) is 24.4 Å². The van der Waals surface area contributed by atoms with Gasteiger partial charge in [0, 0.05) is 6.20 Å². The molecule has 2 heterocycles. The van der Waals surface area contributed by atoms with E-state index < -0.39 is 0 Å². The standard InChI is InChI=1S/C13H9N3O2/c17-13-11(12-6-7-14-9-15-12)8-18-16(13)10-4-2-1-3-5-10/h1-9H. The first-order chi connectivity index (χ1) is 8.86. The number of nitrogens with zero attached hydrogens (tertiary/aromatic N) is 3. The summed E-state index contributed by atoms with van der Waals surface area (Å²) in [7, 11) is 0. The zero-order chi connectivity index (χ0) is 12.4. The summed E-state index contributed by atoms with van der Waals surface area (Å²) in [5.41, 5.74) is 1.41. The molecule has 0 amide bonds. The lowest BCUT2D eigenvalue weighted by atomic mass is 10.2. The van der Waals surface area contributed by atoms with E-state index in [2.05, 4.69) is 9.97 Å². The van der Waals surface area contributed by atoms with Crippen LogP contribution in [0.15, 0.2) is 64.5 Å². The summed E-state index contributed by atoms with van der Waals surface area (Å²) in [4.78, 5) is 20.0. The van der Waals surface area contributed by atoms with Gasteiger partial charge in [-0.3, -0.25) is 4.79 Å². The summed E-state index contributed by atoms with van der Waals surface area (Å²) in [6.07, 6.45) is 4.38. The number of hydrogen-bond donors (Lipinski definition) is 0. The van der Waals surface area contributed by atoms with E-state index in [9.17, 15) is 4.79 Å². The Morgan fingerprint density at radius 3 is 2.67 bits per heavy atom. The van der Waals surface area contributed by atoms with Gasteiger partial charge in [-0.05, 0) is 18.2 Å². The van der Waals surface area contributed by atoms with Crippen LogP contribution in [0, 0.1) is 0 Å². The van der Waals surface area contributed by atoms with Gasteiger partial charge < -0.3 is 4.52 Å². The second kappa shape index (κ2) is 4.29. The molecule has 0 aliphatic heterocycles. The summed E-state index contributed by atoms with van der Waals surface area (Å²) in [6.45, 7) is 0. The highest BCUT2D eigenvalue weighted by atomic mass is 16.5. The quantitative estimate of drug-likeness (QED) is 0.685. The summed E-state index contributed by atoms with van der Waals surface area (Å²) < 4.78 is 6.51. The average molecular weight is 239 g/mol. The van der Waals surface area contributed by atoms with Crippen molar-refractivity contribution in [1.82, 2.24) is 14.7 Å². The fourth-order valence-corrected chi connectivity index (χ4v) is 1.67. The number of rotatable bonds is 2. The Labute approximate surface area is 102 Å². The monoisotopic (exact) mass is 239 g/mol. The maximum atomic E-state index is 12.2. The molecule has 0 fully saturated rings. The molecule has 3 aromatic rings. The molecule has 0 radical (unpaired) electrons. The summed E-state index contributed by atoms with van der Waals surface area (Å²) in [5, 5.41) is 0.